The number of amides is 2. The van der Waals surface area contributed by atoms with Crippen molar-refractivity contribution in [1.29, 1.82) is 0 Å². The van der Waals surface area contributed by atoms with Gasteiger partial charge in [-0.15, -0.1) is 0 Å². The highest BCUT2D eigenvalue weighted by molar-refractivity contribution is 5.80. The minimum atomic E-state index is 0.121. The first kappa shape index (κ1) is 18.2. The van der Waals surface area contributed by atoms with Crippen LogP contribution in [0.5, 0.6) is 0 Å². The molecule has 2 amide bonds. The van der Waals surface area contributed by atoms with Crippen LogP contribution < -0.4 is 0 Å². The molecule has 0 saturated carbocycles. The van der Waals surface area contributed by atoms with Gasteiger partial charge in [-0.3, -0.25) is 9.59 Å². The van der Waals surface area contributed by atoms with Gasteiger partial charge in [-0.2, -0.15) is 0 Å². The highest BCUT2D eigenvalue weighted by Crippen LogP contribution is 2.14. The second-order valence-corrected chi connectivity index (χ2v) is 7.09. The van der Waals surface area contributed by atoms with Crippen molar-refractivity contribution in [2.24, 2.45) is 0 Å². The van der Waals surface area contributed by atoms with Crippen molar-refractivity contribution in [3.8, 4) is 0 Å². The third-order valence-corrected chi connectivity index (χ3v) is 5.05. The van der Waals surface area contributed by atoms with Crippen LogP contribution in [0.1, 0.15) is 28.8 Å². The molecule has 5 heteroatoms. The number of rotatable bonds is 4. The van der Waals surface area contributed by atoms with E-state index >= 15 is 0 Å². The van der Waals surface area contributed by atoms with E-state index < -0.39 is 0 Å². The molecule has 0 radical (unpaired) electrons. The van der Waals surface area contributed by atoms with Gasteiger partial charge in [-0.25, -0.2) is 0 Å². The molecule has 138 valence electrons. The fraction of sp³-hybridized carbons (Fsp3) is 0.429. The van der Waals surface area contributed by atoms with Crippen LogP contribution in [-0.4, -0.2) is 52.8 Å². The van der Waals surface area contributed by atoms with Crippen LogP contribution in [0.3, 0.4) is 0 Å². The second-order valence-electron chi connectivity index (χ2n) is 7.09. The summed E-state index contributed by atoms with van der Waals surface area (Å²) >= 11 is 0. The summed E-state index contributed by atoms with van der Waals surface area (Å²) in [6, 6.07) is 10.0. The van der Waals surface area contributed by atoms with Crippen LogP contribution in [0.2, 0.25) is 0 Å². The Labute approximate surface area is 155 Å². The summed E-state index contributed by atoms with van der Waals surface area (Å²) in [5.41, 5.74) is 4.40. The Kier molecular flexibility index (Phi) is 5.76. The zero-order valence-electron chi connectivity index (χ0n) is 15.6. The molecule has 1 aromatic heterocycles. The van der Waals surface area contributed by atoms with E-state index in [1.807, 2.05) is 34.2 Å². The van der Waals surface area contributed by atoms with Crippen LogP contribution in [-0.2, 0) is 22.4 Å². The Hall–Kier alpha value is -2.56. The lowest BCUT2D eigenvalue weighted by molar-refractivity contribution is -0.132. The van der Waals surface area contributed by atoms with Crippen molar-refractivity contribution in [2.75, 3.05) is 26.2 Å². The average molecular weight is 353 g/mol. The van der Waals surface area contributed by atoms with Gasteiger partial charge >= 0.3 is 0 Å². The number of nitrogens with zero attached hydrogens (tertiary/aromatic N) is 2. The topological polar surface area (TPSA) is 56.4 Å². The summed E-state index contributed by atoms with van der Waals surface area (Å²) in [4.78, 5) is 32.0. The predicted molar refractivity (Wildman–Crippen MR) is 102 cm³/mol. The summed E-state index contributed by atoms with van der Waals surface area (Å²) in [5, 5.41) is 0. The van der Waals surface area contributed by atoms with E-state index in [0.29, 0.717) is 32.5 Å². The number of benzene rings is 1. The van der Waals surface area contributed by atoms with Crippen molar-refractivity contribution < 1.29 is 9.59 Å². The summed E-state index contributed by atoms with van der Waals surface area (Å²) in [5.74, 6) is 0.270. The van der Waals surface area contributed by atoms with Gasteiger partial charge in [-0.05, 0) is 43.5 Å². The maximum atomic E-state index is 12.7. The molecule has 1 fully saturated rings. The van der Waals surface area contributed by atoms with Gasteiger partial charge < -0.3 is 14.8 Å². The number of hydrogen-bond donors (Lipinski definition) is 1. The molecule has 1 aliphatic heterocycles. The summed E-state index contributed by atoms with van der Waals surface area (Å²) in [6.45, 7) is 6.77. The van der Waals surface area contributed by atoms with Gasteiger partial charge in [0.25, 0.3) is 0 Å². The van der Waals surface area contributed by atoms with E-state index in [9.17, 15) is 9.59 Å². The van der Waals surface area contributed by atoms with E-state index in [-0.39, 0.29) is 11.8 Å². The maximum absolute atomic E-state index is 12.7. The highest BCUT2D eigenvalue weighted by Gasteiger charge is 2.22. The molecule has 0 spiro atoms. The standard InChI is InChI=1S/C21H27N3O2/c1-16-6-7-18(17(2)13-16)14-20(25)23-9-4-10-24(12-11-23)21(26)15-19-5-3-8-22-19/h3,5-8,13,22H,4,9-12,14-15H2,1-2H3. The fourth-order valence-corrected chi connectivity index (χ4v) is 3.49. The van der Waals surface area contributed by atoms with Crippen LogP contribution in [0.25, 0.3) is 0 Å². The molecule has 1 aromatic carbocycles. The number of aryl methyl sites for hydroxylation is 2. The number of H-pyrrole nitrogens is 1. The van der Waals surface area contributed by atoms with Gasteiger partial charge in [0.1, 0.15) is 0 Å². The minimum absolute atomic E-state index is 0.121. The van der Waals surface area contributed by atoms with E-state index in [4.69, 9.17) is 0 Å². The Balaban J connectivity index is 1.55. The third-order valence-electron chi connectivity index (χ3n) is 5.05. The molecule has 0 atom stereocenters. The third kappa shape index (κ3) is 4.54. The SMILES string of the molecule is Cc1ccc(CC(=O)N2CCCN(C(=O)Cc3ccc[nH]3)CC2)c(C)c1. The zero-order chi connectivity index (χ0) is 18.5. The molecule has 26 heavy (non-hydrogen) atoms. The Bertz CT molecular complexity index is 768. The van der Waals surface area contributed by atoms with Crippen molar-refractivity contribution >= 4 is 11.8 Å². The van der Waals surface area contributed by atoms with Crippen molar-refractivity contribution in [3.63, 3.8) is 0 Å². The number of aromatic amines is 1. The molecule has 2 heterocycles. The first-order chi connectivity index (χ1) is 12.5. The van der Waals surface area contributed by atoms with Crippen molar-refractivity contribution in [1.82, 2.24) is 14.8 Å². The van der Waals surface area contributed by atoms with Gasteiger partial charge in [0.15, 0.2) is 0 Å². The highest BCUT2D eigenvalue weighted by atomic mass is 16.2. The van der Waals surface area contributed by atoms with Crippen LogP contribution in [0.15, 0.2) is 36.5 Å². The molecule has 1 saturated heterocycles. The smallest absolute Gasteiger partial charge is 0.228 e. The first-order valence-electron chi connectivity index (χ1n) is 9.27. The van der Waals surface area contributed by atoms with E-state index in [2.05, 4.69) is 31.0 Å². The zero-order valence-corrected chi connectivity index (χ0v) is 15.6. The molecule has 5 nitrogen and oxygen atoms in total. The van der Waals surface area contributed by atoms with Crippen molar-refractivity contribution in [3.05, 3.63) is 58.9 Å². The molecular weight excluding hydrogens is 326 g/mol. The number of hydrogen-bond acceptors (Lipinski definition) is 2. The lowest BCUT2D eigenvalue weighted by Gasteiger charge is -2.22. The maximum Gasteiger partial charge on any atom is 0.228 e. The largest absolute Gasteiger partial charge is 0.365 e. The Morgan fingerprint density at radius 2 is 1.65 bits per heavy atom. The van der Waals surface area contributed by atoms with E-state index in [1.165, 1.54) is 5.56 Å². The molecule has 2 aromatic rings. The second kappa shape index (κ2) is 8.21. The lowest BCUT2D eigenvalue weighted by Crippen LogP contribution is -2.38. The number of carbonyl (C=O) groups excluding carboxylic acids is 2. The van der Waals surface area contributed by atoms with Gasteiger partial charge in [0.05, 0.1) is 12.8 Å². The van der Waals surface area contributed by atoms with Crippen LogP contribution in [0.4, 0.5) is 0 Å². The van der Waals surface area contributed by atoms with Gasteiger partial charge in [-0.1, -0.05) is 23.8 Å². The molecule has 0 unspecified atom stereocenters. The predicted octanol–water partition coefficient (Wildman–Crippen LogP) is 2.48. The average Bonchev–Trinajstić information content (AvgIpc) is 2.98. The van der Waals surface area contributed by atoms with E-state index in [0.717, 1.165) is 29.8 Å². The number of carbonyl (C=O) groups is 2. The van der Waals surface area contributed by atoms with Crippen LogP contribution >= 0.6 is 0 Å². The van der Waals surface area contributed by atoms with Gasteiger partial charge in [0, 0.05) is 38.1 Å². The molecule has 1 N–H and O–H groups in total. The molecule has 3 rings (SSSR count). The fourth-order valence-electron chi connectivity index (χ4n) is 3.49. The lowest BCUT2D eigenvalue weighted by atomic mass is 10.0. The quantitative estimate of drug-likeness (QED) is 0.918. The Morgan fingerprint density at radius 3 is 2.27 bits per heavy atom. The van der Waals surface area contributed by atoms with Gasteiger partial charge in [0.2, 0.25) is 11.8 Å². The van der Waals surface area contributed by atoms with Crippen LogP contribution in [0, 0.1) is 13.8 Å². The summed E-state index contributed by atoms with van der Waals surface area (Å²) in [6.07, 6.45) is 3.49. The molecular formula is C21H27N3O2. The monoisotopic (exact) mass is 353 g/mol. The molecule has 0 aliphatic carbocycles. The normalized spacial score (nSPS) is 15.0. The summed E-state index contributed by atoms with van der Waals surface area (Å²) in [7, 11) is 0. The molecule has 0 bridgehead atoms. The number of nitrogens with one attached hydrogen (secondary N) is 1. The number of aromatic nitrogens is 1. The molecule has 1 aliphatic rings. The minimum Gasteiger partial charge on any atom is -0.365 e. The first-order valence-corrected chi connectivity index (χ1v) is 9.27. The Morgan fingerprint density at radius 1 is 0.962 bits per heavy atom. The van der Waals surface area contributed by atoms with E-state index in [1.54, 1.807) is 0 Å². The van der Waals surface area contributed by atoms with Crippen molar-refractivity contribution in [2.45, 2.75) is 33.1 Å². The summed E-state index contributed by atoms with van der Waals surface area (Å²) < 4.78 is 0.